The van der Waals surface area contributed by atoms with E-state index in [9.17, 15) is 13.2 Å². The van der Waals surface area contributed by atoms with Crippen LogP contribution < -0.4 is 19.2 Å². The molecule has 0 heterocycles. The lowest BCUT2D eigenvalue weighted by molar-refractivity contribution is -0.119. The number of methoxy groups -OCH3 is 1. The predicted octanol–water partition coefficient (Wildman–Crippen LogP) is 4.48. The highest BCUT2D eigenvalue weighted by molar-refractivity contribution is 7.92. The van der Waals surface area contributed by atoms with Crippen LogP contribution >= 0.6 is 11.6 Å². The van der Waals surface area contributed by atoms with Crippen LogP contribution in [0.25, 0.3) is 0 Å². The molecule has 1 N–H and O–H groups in total. The van der Waals surface area contributed by atoms with Crippen LogP contribution in [-0.2, 0) is 14.8 Å². The fraction of sp³-hybridized carbons (Fsp3) is 0.200. The van der Waals surface area contributed by atoms with E-state index in [2.05, 4.69) is 10.5 Å². The first kappa shape index (κ1) is 26.1. The lowest BCUT2D eigenvalue weighted by atomic mass is 10.1. The number of nitrogens with zero attached hydrogens (tertiary/aromatic N) is 2. The highest BCUT2D eigenvalue weighted by atomic mass is 35.5. The summed E-state index contributed by atoms with van der Waals surface area (Å²) >= 11 is 6.23. The first-order chi connectivity index (χ1) is 16.8. The van der Waals surface area contributed by atoms with Crippen molar-refractivity contribution < 1.29 is 22.7 Å². The molecule has 0 radical (unpaired) electrons. The zero-order valence-electron chi connectivity index (χ0n) is 19.6. The molecule has 8 nitrogen and oxygen atoms in total. The number of nitrogens with one attached hydrogen (secondary N) is 1. The van der Waals surface area contributed by atoms with Crippen molar-refractivity contribution in [2.75, 3.05) is 24.6 Å². The fourth-order valence-electron chi connectivity index (χ4n) is 3.18. The minimum atomic E-state index is -4.08. The molecule has 0 saturated carbocycles. The average molecular weight is 516 g/mol. The Morgan fingerprint density at radius 1 is 1.06 bits per heavy atom. The number of benzene rings is 3. The van der Waals surface area contributed by atoms with Crippen LogP contribution in [0.5, 0.6) is 11.5 Å². The third-order valence-corrected chi connectivity index (χ3v) is 7.06. The molecule has 0 saturated heterocycles. The fourth-order valence-corrected chi connectivity index (χ4v) is 4.87. The molecule has 3 aromatic rings. The molecule has 0 aliphatic carbocycles. The van der Waals surface area contributed by atoms with E-state index < -0.39 is 22.5 Å². The third kappa shape index (κ3) is 6.52. The number of anilines is 1. The summed E-state index contributed by atoms with van der Waals surface area (Å²) in [6, 6.07) is 19.6. The van der Waals surface area contributed by atoms with E-state index in [4.69, 9.17) is 21.1 Å². The SMILES string of the molecule is CCOc1ccc(C(C)=NNC(=O)CN(c2ccc(OC)c(Cl)c2)S(=O)(=O)c2ccccc2)cc1. The van der Waals surface area contributed by atoms with Crippen molar-refractivity contribution in [3.63, 3.8) is 0 Å². The number of rotatable bonds is 10. The van der Waals surface area contributed by atoms with Gasteiger partial charge in [-0.25, -0.2) is 13.8 Å². The molecule has 3 aromatic carbocycles. The van der Waals surface area contributed by atoms with E-state index in [-0.39, 0.29) is 15.6 Å². The van der Waals surface area contributed by atoms with E-state index in [1.165, 1.54) is 37.4 Å². The molecule has 0 atom stereocenters. The number of amides is 1. The Morgan fingerprint density at radius 2 is 1.74 bits per heavy atom. The van der Waals surface area contributed by atoms with Gasteiger partial charge < -0.3 is 9.47 Å². The van der Waals surface area contributed by atoms with Crippen LogP contribution in [0, 0.1) is 0 Å². The summed E-state index contributed by atoms with van der Waals surface area (Å²) in [5, 5.41) is 4.34. The number of carbonyl (C=O) groups is 1. The second-order valence-corrected chi connectivity index (χ2v) is 9.60. The maximum absolute atomic E-state index is 13.4. The largest absolute Gasteiger partial charge is 0.495 e. The molecule has 0 spiro atoms. The van der Waals surface area contributed by atoms with Crippen molar-refractivity contribution in [3.05, 3.63) is 83.4 Å². The standard InChI is InChI=1S/C25H26ClN3O5S/c1-4-34-21-13-10-19(11-14-21)18(2)27-28-25(30)17-29(20-12-15-24(33-3)23(26)16-20)35(31,32)22-8-6-5-7-9-22/h5-16H,4,17H2,1-3H3,(H,28,30). The smallest absolute Gasteiger partial charge is 0.264 e. The van der Waals surface area contributed by atoms with Gasteiger partial charge in [0.05, 0.1) is 35.0 Å². The molecule has 0 fully saturated rings. The monoisotopic (exact) mass is 515 g/mol. The average Bonchev–Trinajstić information content (AvgIpc) is 2.87. The lowest BCUT2D eigenvalue weighted by Gasteiger charge is -2.24. The topological polar surface area (TPSA) is 97.3 Å². The van der Waals surface area contributed by atoms with E-state index >= 15 is 0 Å². The summed E-state index contributed by atoms with van der Waals surface area (Å²) in [5.41, 5.74) is 3.98. The minimum absolute atomic E-state index is 0.0359. The van der Waals surface area contributed by atoms with Gasteiger partial charge in [-0.05, 0) is 74.0 Å². The van der Waals surface area contributed by atoms with Crippen LogP contribution in [-0.4, -0.2) is 40.3 Å². The van der Waals surface area contributed by atoms with Gasteiger partial charge in [-0.1, -0.05) is 29.8 Å². The molecule has 0 aliphatic rings. The van der Waals surface area contributed by atoms with Gasteiger partial charge in [-0.3, -0.25) is 9.10 Å². The van der Waals surface area contributed by atoms with E-state index in [0.717, 1.165) is 15.6 Å². The first-order valence-electron chi connectivity index (χ1n) is 10.7. The molecule has 0 aromatic heterocycles. The zero-order chi connectivity index (χ0) is 25.4. The molecule has 3 rings (SSSR count). The first-order valence-corrected chi connectivity index (χ1v) is 12.6. The summed E-state index contributed by atoms with van der Waals surface area (Å²) < 4.78 is 38.4. The highest BCUT2D eigenvalue weighted by Gasteiger charge is 2.27. The number of hydrogen-bond acceptors (Lipinski definition) is 6. The Hall–Kier alpha value is -3.56. The van der Waals surface area contributed by atoms with Crippen LogP contribution in [0.15, 0.2) is 82.8 Å². The molecule has 0 bridgehead atoms. The lowest BCUT2D eigenvalue weighted by Crippen LogP contribution is -2.39. The van der Waals surface area contributed by atoms with Gasteiger partial charge in [0.2, 0.25) is 0 Å². The summed E-state index contributed by atoms with van der Waals surface area (Å²) in [5.74, 6) is 0.488. The van der Waals surface area contributed by atoms with Crippen molar-refractivity contribution in [1.29, 1.82) is 0 Å². The summed E-state index contributed by atoms with van der Waals surface area (Å²) in [7, 11) is -2.62. The van der Waals surface area contributed by atoms with Gasteiger partial charge in [-0.2, -0.15) is 5.10 Å². The second kappa shape index (κ2) is 11.7. The normalized spacial score (nSPS) is 11.6. The Bertz CT molecular complexity index is 1300. The van der Waals surface area contributed by atoms with E-state index in [0.29, 0.717) is 18.1 Å². The Morgan fingerprint density at radius 3 is 2.34 bits per heavy atom. The van der Waals surface area contributed by atoms with Gasteiger partial charge in [0.1, 0.15) is 18.0 Å². The van der Waals surface area contributed by atoms with Gasteiger partial charge in [0.15, 0.2) is 0 Å². The number of ether oxygens (including phenoxy) is 2. The van der Waals surface area contributed by atoms with Crippen LogP contribution in [0.4, 0.5) is 5.69 Å². The van der Waals surface area contributed by atoms with E-state index in [1.807, 2.05) is 19.1 Å². The van der Waals surface area contributed by atoms with Gasteiger partial charge in [0.25, 0.3) is 15.9 Å². The number of sulfonamides is 1. The van der Waals surface area contributed by atoms with Crippen molar-refractivity contribution >= 4 is 38.9 Å². The van der Waals surface area contributed by atoms with Gasteiger partial charge in [0, 0.05) is 0 Å². The molecule has 184 valence electrons. The highest BCUT2D eigenvalue weighted by Crippen LogP contribution is 2.31. The molecule has 35 heavy (non-hydrogen) atoms. The van der Waals surface area contributed by atoms with Crippen LogP contribution in [0.2, 0.25) is 5.02 Å². The molecular formula is C25H26ClN3O5S. The Labute approximate surface area is 210 Å². The molecule has 0 aliphatic heterocycles. The molecular weight excluding hydrogens is 490 g/mol. The zero-order valence-corrected chi connectivity index (χ0v) is 21.1. The maximum Gasteiger partial charge on any atom is 0.264 e. The maximum atomic E-state index is 13.4. The van der Waals surface area contributed by atoms with Crippen molar-refractivity contribution in [3.8, 4) is 11.5 Å². The number of halogens is 1. The summed E-state index contributed by atoms with van der Waals surface area (Å²) in [6.07, 6.45) is 0. The van der Waals surface area contributed by atoms with E-state index in [1.54, 1.807) is 37.3 Å². The van der Waals surface area contributed by atoms with Crippen molar-refractivity contribution in [1.82, 2.24) is 5.43 Å². The van der Waals surface area contributed by atoms with Gasteiger partial charge >= 0.3 is 0 Å². The number of carbonyl (C=O) groups excluding carboxylic acids is 1. The molecule has 0 unspecified atom stereocenters. The molecule has 10 heteroatoms. The Balaban J connectivity index is 1.85. The minimum Gasteiger partial charge on any atom is -0.495 e. The number of hydrogen-bond donors (Lipinski definition) is 1. The predicted molar refractivity (Wildman–Crippen MR) is 137 cm³/mol. The van der Waals surface area contributed by atoms with Crippen LogP contribution in [0.1, 0.15) is 19.4 Å². The van der Waals surface area contributed by atoms with Crippen molar-refractivity contribution in [2.24, 2.45) is 5.10 Å². The number of hydrazone groups is 1. The second-order valence-electron chi connectivity index (χ2n) is 7.33. The van der Waals surface area contributed by atoms with Crippen LogP contribution in [0.3, 0.4) is 0 Å². The summed E-state index contributed by atoms with van der Waals surface area (Å²) in [6.45, 7) is 3.68. The molecule has 1 amide bonds. The van der Waals surface area contributed by atoms with Crippen molar-refractivity contribution in [2.45, 2.75) is 18.7 Å². The third-order valence-electron chi connectivity index (χ3n) is 4.97. The Kier molecular flexibility index (Phi) is 8.73. The quantitative estimate of drug-likeness (QED) is 0.317. The summed E-state index contributed by atoms with van der Waals surface area (Å²) in [4.78, 5) is 12.8. The van der Waals surface area contributed by atoms with Gasteiger partial charge in [-0.15, -0.1) is 0 Å².